The molecule has 1 heterocycles. The first-order chi connectivity index (χ1) is 20.5. The van der Waals surface area contributed by atoms with Gasteiger partial charge in [0.1, 0.15) is 23.9 Å². The van der Waals surface area contributed by atoms with Crippen molar-refractivity contribution in [3.05, 3.63) is 65.9 Å². The van der Waals surface area contributed by atoms with Crippen LogP contribution in [0.25, 0.3) is 10.9 Å². The molecule has 0 bridgehead atoms. The number of nitrogens with one attached hydrogen (secondary N) is 4. The Balaban J connectivity index is 1.85. The fraction of sp³-hybridized carbons (Fsp3) is 0.419. The van der Waals surface area contributed by atoms with Gasteiger partial charge in [0.15, 0.2) is 0 Å². The molecule has 4 atom stereocenters. The lowest BCUT2D eigenvalue weighted by Gasteiger charge is -2.26. The van der Waals surface area contributed by atoms with E-state index < -0.39 is 47.9 Å². The number of benzene rings is 2. The summed E-state index contributed by atoms with van der Waals surface area (Å²) < 4.78 is 0. The number of amides is 3. The summed E-state index contributed by atoms with van der Waals surface area (Å²) in [4.78, 5) is 55.3. The second-order valence-corrected chi connectivity index (χ2v) is 12.0. The summed E-state index contributed by atoms with van der Waals surface area (Å²) in [5.41, 5.74) is 8.24. The molecule has 0 saturated carbocycles. The van der Waals surface area contributed by atoms with Gasteiger partial charge in [-0.25, -0.2) is 4.79 Å². The van der Waals surface area contributed by atoms with Crippen LogP contribution >= 0.6 is 11.8 Å². The number of aromatic hydroxyl groups is 1. The third-order valence-corrected chi connectivity index (χ3v) is 7.68. The van der Waals surface area contributed by atoms with Gasteiger partial charge in [0.25, 0.3) is 0 Å². The number of aromatic amines is 1. The van der Waals surface area contributed by atoms with Crippen LogP contribution in [-0.2, 0) is 32.0 Å². The monoisotopic (exact) mass is 611 g/mol. The summed E-state index contributed by atoms with van der Waals surface area (Å²) in [5.74, 6) is -2.18. The standard InChI is InChI=1S/C31H41N5O6S/c1-18(2)14-25(34-28(38)23(32)12-13-43-3)29(39)35-26(16-20-17-33-24-7-5-4-6-22(20)24)30(40)36-27(31(41)42)15-19-8-10-21(37)11-9-19/h4-11,17-18,23,25-27,33,37H,12-16,32H2,1-3H3,(H,34,38)(H,35,39)(H,36,40)(H,41,42). The van der Waals surface area contributed by atoms with Crippen LogP contribution in [0.2, 0.25) is 0 Å². The molecule has 0 saturated heterocycles. The lowest BCUT2D eigenvalue weighted by Crippen LogP contribution is -2.58. The average Bonchev–Trinajstić information content (AvgIpc) is 3.38. The number of nitrogens with two attached hydrogens (primary N) is 1. The van der Waals surface area contributed by atoms with E-state index in [4.69, 9.17) is 5.73 Å². The first-order valence-corrected chi connectivity index (χ1v) is 15.6. The van der Waals surface area contributed by atoms with Crippen LogP contribution in [0, 0.1) is 5.92 Å². The maximum atomic E-state index is 13.6. The zero-order chi connectivity index (χ0) is 31.5. The number of rotatable bonds is 16. The van der Waals surface area contributed by atoms with Gasteiger partial charge in [-0.3, -0.25) is 14.4 Å². The number of thioether (sulfide) groups is 1. The van der Waals surface area contributed by atoms with Gasteiger partial charge in [0.2, 0.25) is 17.7 Å². The number of H-pyrrole nitrogens is 1. The maximum absolute atomic E-state index is 13.6. The molecule has 0 aliphatic rings. The number of para-hydroxylation sites is 1. The van der Waals surface area contributed by atoms with E-state index in [2.05, 4.69) is 20.9 Å². The minimum Gasteiger partial charge on any atom is -0.508 e. The molecular formula is C31H41N5O6S. The van der Waals surface area contributed by atoms with Crippen molar-refractivity contribution in [1.82, 2.24) is 20.9 Å². The normalized spacial score (nSPS) is 14.1. The number of carboxylic acids is 1. The van der Waals surface area contributed by atoms with Crippen molar-refractivity contribution in [3.8, 4) is 5.75 Å². The van der Waals surface area contributed by atoms with Crippen molar-refractivity contribution in [3.63, 3.8) is 0 Å². The fourth-order valence-electron chi connectivity index (χ4n) is 4.70. The van der Waals surface area contributed by atoms with E-state index in [1.54, 1.807) is 30.1 Å². The van der Waals surface area contributed by atoms with Crippen molar-refractivity contribution >= 4 is 46.4 Å². The molecule has 3 amide bonds. The quantitative estimate of drug-likeness (QED) is 0.129. The number of carbonyl (C=O) groups excluding carboxylic acids is 3. The molecule has 232 valence electrons. The van der Waals surface area contributed by atoms with Gasteiger partial charge in [-0.2, -0.15) is 11.8 Å². The van der Waals surface area contributed by atoms with Gasteiger partial charge >= 0.3 is 5.97 Å². The average molecular weight is 612 g/mol. The number of aliphatic carboxylic acids is 1. The Morgan fingerprint density at radius 2 is 1.51 bits per heavy atom. The minimum atomic E-state index is -1.29. The summed E-state index contributed by atoms with van der Waals surface area (Å²) in [7, 11) is 0. The van der Waals surface area contributed by atoms with Crippen molar-refractivity contribution in [1.29, 1.82) is 0 Å². The molecular weight excluding hydrogens is 570 g/mol. The van der Waals surface area contributed by atoms with E-state index in [-0.39, 0.29) is 24.5 Å². The molecule has 0 aliphatic heterocycles. The third-order valence-electron chi connectivity index (χ3n) is 7.03. The highest BCUT2D eigenvalue weighted by atomic mass is 32.2. The topological polar surface area (TPSA) is 187 Å². The Hall–Kier alpha value is -4.03. The summed E-state index contributed by atoms with van der Waals surface area (Å²) in [5, 5.41) is 28.4. The van der Waals surface area contributed by atoms with Gasteiger partial charge in [-0.05, 0) is 60.1 Å². The summed E-state index contributed by atoms with van der Waals surface area (Å²) in [6.07, 6.45) is 4.47. The van der Waals surface area contributed by atoms with Gasteiger partial charge in [-0.1, -0.05) is 44.2 Å². The van der Waals surface area contributed by atoms with Crippen LogP contribution in [-0.4, -0.2) is 75.1 Å². The van der Waals surface area contributed by atoms with Crippen molar-refractivity contribution in [2.24, 2.45) is 11.7 Å². The molecule has 4 unspecified atom stereocenters. The van der Waals surface area contributed by atoms with E-state index in [1.165, 1.54) is 12.1 Å². The predicted octanol–water partition coefficient (Wildman–Crippen LogP) is 2.32. The summed E-state index contributed by atoms with van der Waals surface area (Å²) in [6, 6.07) is 9.37. The minimum absolute atomic E-state index is 0.0327. The van der Waals surface area contributed by atoms with Gasteiger partial charge < -0.3 is 36.9 Å². The highest BCUT2D eigenvalue weighted by Gasteiger charge is 2.31. The van der Waals surface area contributed by atoms with Crippen molar-refractivity contribution < 1.29 is 29.4 Å². The highest BCUT2D eigenvalue weighted by Crippen LogP contribution is 2.20. The number of carboxylic acid groups (broad SMARTS) is 1. The van der Waals surface area contributed by atoms with Crippen LogP contribution in [0.4, 0.5) is 0 Å². The highest BCUT2D eigenvalue weighted by molar-refractivity contribution is 7.98. The van der Waals surface area contributed by atoms with Crippen molar-refractivity contribution in [2.45, 2.75) is 63.7 Å². The van der Waals surface area contributed by atoms with E-state index >= 15 is 0 Å². The molecule has 2 aromatic carbocycles. The number of phenols is 1. The van der Waals surface area contributed by atoms with E-state index in [9.17, 15) is 29.4 Å². The molecule has 43 heavy (non-hydrogen) atoms. The molecule has 3 aromatic rings. The van der Waals surface area contributed by atoms with Gasteiger partial charge in [0.05, 0.1) is 6.04 Å². The van der Waals surface area contributed by atoms with Crippen LogP contribution < -0.4 is 21.7 Å². The zero-order valence-electron chi connectivity index (χ0n) is 24.6. The number of carbonyl (C=O) groups is 4. The van der Waals surface area contributed by atoms with E-state index in [1.807, 2.05) is 44.4 Å². The largest absolute Gasteiger partial charge is 0.508 e. The summed E-state index contributed by atoms with van der Waals surface area (Å²) >= 11 is 1.57. The first-order valence-electron chi connectivity index (χ1n) is 14.2. The number of phenolic OH excluding ortho intramolecular Hbond substituents is 1. The smallest absolute Gasteiger partial charge is 0.326 e. The molecule has 11 nitrogen and oxygen atoms in total. The van der Waals surface area contributed by atoms with E-state index in [0.717, 1.165) is 16.5 Å². The molecule has 12 heteroatoms. The Kier molecular flexibility index (Phi) is 12.4. The molecule has 3 rings (SSSR count). The Morgan fingerprint density at radius 3 is 2.16 bits per heavy atom. The first kappa shape index (κ1) is 33.5. The van der Waals surface area contributed by atoms with Gasteiger partial charge in [0, 0.05) is 29.9 Å². The molecule has 0 spiro atoms. The lowest BCUT2D eigenvalue weighted by atomic mass is 9.99. The molecule has 0 fully saturated rings. The third kappa shape index (κ3) is 10.0. The Bertz CT molecular complexity index is 1390. The van der Waals surface area contributed by atoms with Gasteiger partial charge in [-0.15, -0.1) is 0 Å². The maximum Gasteiger partial charge on any atom is 0.326 e. The number of hydrogen-bond acceptors (Lipinski definition) is 7. The second kappa shape index (κ2) is 16.0. The lowest BCUT2D eigenvalue weighted by molar-refractivity contribution is -0.142. The van der Waals surface area contributed by atoms with Crippen molar-refractivity contribution in [2.75, 3.05) is 12.0 Å². The number of hydrogen-bond donors (Lipinski definition) is 7. The molecule has 0 radical (unpaired) electrons. The summed E-state index contributed by atoms with van der Waals surface area (Å²) in [6.45, 7) is 3.83. The van der Waals surface area contributed by atoms with E-state index in [0.29, 0.717) is 24.2 Å². The Labute approximate surface area is 255 Å². The van der Waals surface area contributed by atoms with Crippen LogP contribution in [0.5, 0.6) is 5.75 Å². The second-order valence-electron chi connectivity index (χ2n) is 11.0. The van der Waals surface area contributed by atoms with Crippen LogP contribution in [0.3, 0.4) is 0 Å². The SMILES string of the molecule is CSCCC(N)C(=O)NC(CC(C)C)C(=O)NC(Cc1c[nH]c2ccccc12)C(=O)NC(Cc1ccc(O)cc1)C(=O)O. The number of fused-ring (bicyclic) bond motifs is 1. The van der Waals surface area contributed by atoms with Crippen LogP contribution in [0.1, 0.15) is 37.8 Å². The molecule has 1 aromatic heterocycles. The number of aromatic nitrogens is 1. The fourth-order valence-corrected chi connectivity index (χ4v) is 5.19. The Morgan fingerprint density at radius 1 is 0.884 bits per heavy atom. The predicted molar refractivity (Wildman–Crippen MR) is 168 cm³/mol. The zero-order valence-corrected chi connectivity index (χ0v) is 25.4. The molecule has 0 aliphatic carbocycles. The van der Waals surface area contributed by atoms with Crippen LogP contribution in [0.15, 0.2) is 54.7 Å². The molecule has 8 N–H and O–H groups in total.